The summed E-state index contributed by atoms with van der Waals surface area (Å²) in [6.07, 6.45) is 2.23. The highest BCUT2D eigenvalue weighted by Gasteiger charge is 2.47. The van der Waals surface area contributed by atoms with E-state index < -0.39 is 11.0 Å². The molecule has 3 aromatic rings. The van der Waals surface area contributed by atoms with Crippen LogP contribution >= 0.6 is 0 Å². The first-order chi connectivity index (χ1) is 13.5. The van der Waals surface area contributed by atoms with Gasteiger partial charge in [-0.15, -0.1) is 0 Å². The van der Waals surface area contributed by atoms with E-state index in [1.165, 1.54) is 25.3 Å². The van der Waals surface area contributed by atoms with E-state index in [2.05, 4.69) is 0 Å². The van der Waals surface area contributed by atoms with Crippen LogP contribution in [0.4, 0.5) is 4.39 Å². The summed E-state index contributed by atoms with van der Waals surface area (Å²) in [5, 5.41) is 0.678. The smallest absolute Gasteiger partial charge is 0.336 e. The van der Waals surface area contributed by atoms with E-state index in [0.717, 1.165) is 12.0 Å². The van der Waals surface area contributed by atoms with Crippen LogP contribution in [0.2, 0.25) is 0 Å². The molecule has 1 saturated carbocycles. The quantitative estimate of drug-likeness (QED) is 0.491. The number of carbonyl (C=O) groups is 1. The number of halogens is 1. The van der Waals surface area contributed by atoms with Crippen molar-refractivity contribution in [3.63, 3.8) is 0 Å². The molecule has 0 N–H and O–H groups in total. The van der Waals surface area contributed by atoms with Gasteiger partial charge in [-0.25, -0.2) is 9.18 Å². The predicted octanol–water partition coefficient (Wildman–Crippen LogP) is 4.11. The van der Waals surface area contributed by atoms with Crippen molar-refractivity contribution in [2.75, 3.05) is 7.11 Å². The van der Waals surface area contributed by atoms with Crippen LogP contribution in [0.1, 0.15) is 30.4 Å². The number of rotatable bonds is 5. The highest BCUT2D eigenvalue weighted by Crippen LogP contribution is 2.45. The van der Waals surface area contributed by atoms with Crippen LogP contribution in [-0.2, 0) is 21.6 Å². The number of methoxy groups -OCH3 is 1. The molecule has 0 amide bonds. The molecule has 5 nitrogen and oxygen atoms in total. The maximum atomic E-state index is 13.2. The van der Waals surface area contributed by atoms with E-state index in [9.17, 15) is 14.0 Å². The lowest BCUT2D eigenvalue weighted by molar-refractivity contribution is -0.155. The van der Waals surface area contributed by atoms with Gasteiger partial charge in [0.25, 0.3) is 0 Å². The highest BCUT2D eigenvalue weighted by atomic mass is 19.1. The molecule has 1 fully saturated rings. The average molecular weight is 382 g/mol. The molecule has 0 unspecified atom stereocenters. The summed E-state index contributed by atoms with van der Waals surface area (Å²) in [4.78, 5) is 24.8. The molecule has 144 valence electrons. The largest absolute Gasteiger partial charge is 0.497 e. The lowest BCUT2D eigenvalue weighted by Crippen LogP contribution is -2.43. The zero-order chi connectivity index (χ0) is 19.7. The number of carbonyl (C=O) groups excluding carboxylic acids is 1. The highest BCUT2D eigenvalue weighted by molar-refractivity contribution is 5.85. The van der Waals surface area contributed by atoms with Crippen LogP contribution in [0.3, 0.4) is 0 Å². The minimum atomic E-state index is -0.744. The maximum Gasteiger partial charge on any atom is 0.336 e. The summed E-state index contributed by atoms with van der Waals surface area (Å²) in [5.41, 5.74) is 0.424. The molecule has 0 saturated heterocycles. The molecule has 2 aromatic carbocycles. The van der Waals surface area contributed by atoms with Crippen molar-refractivity contribution < 1.29 is 23.1 Å². The molecule has 1 aromatic heterocycles. The average Bonchev–Trinajstić information content (AvgIpc) is 2.66. The summed E-state index contributed by atoms with van der Waals surface area (Å²) in [7, 11) is 1.53. The third-order valence-electron chi connectivity index (χ3n) is 5.39. The van der Waals surface area contributed by atoms with Crippen molar-refractivity contribution in [1.29, 1.82) is 0 Å². The molecule has 0 bridgehead atoms. The molecule has 28 heavy (non-hydrogen) atoms. The van der Waals surface area contributed by atoms with E-state index in [4.69, 9.17) is 13.9 Å². The van der Waals surface area contributed by atoms with E-state index in [0.29, 0.717) is 35.1 Å². The molecule has 0 radical (unpaired) electrons. The van der Waals surface area contributed by atoms with Crippen LogP contribution in [-0.4, -0.2) is 13.1 Å². The van der Waals surface area contributed by atoms with Gasteiger partial charge in [-0.2, -0.15) is 0 Å². The second-order valence-electron chi connectivity index (χ2n) is 6.97. The Kier molecular flexibility index (Phi) is 4.63. The van der Waals surface area contributed by atoms with Crippen molar-refractivity contribution in [3.8, 4) is 5.75 Å². The number of ether oxygens (including phenoxy) is 2. The summed E-state index contributed by atoms with van der Waals surface area (Å²) in [6.45, 7) is -0.0454. The fourth-order valence-electron chi connectivity index (χ4n) is 3.65. The molecule has 6 heteroatoms. The van der Waals surface area contributed by atoms with Crippen LogP contribution in [0.5, 0.6) is 5.75 Å². The summed E-state index contributed by atoms with van der Waals surface area (Å²) >= 11 is 0. The number of esters is 1. The molecule has 0 atom stereocenters. The molecule has 0 aliphatic heterocycles. The molecule has 1 aliphatic rings. The summed E-state index contributed by atoms with van der Waals surface area (Å²) < 4.78 is 29.2. The molecular formula is C22H19FO5. The van der Waals surface area contributed by atoms with Crippen molar-refractivity contribution in [2.45, 2.75) is 31.3 Å². The van der Waals surface area contributed by atoms with E-state index >= 15 is 0 Å². The van der Waals surface area contributed by atoms with Gasteiger partial charge in [-0.05, 0) is 42.7 Å². The number of fused-ring (bicyclic) bond motifs is 1. The summed E-state index contributed by atoms with van der Waals surface area (Å²) in [6, 6.07) is 12.4. The van der Waals surface area contributed by atoms with Crippen LogP contribution in [0, 0.1) is 5.82 Å². The van der Waals surface area contributed by atoms with Crippen LogP contribution in [0.15, 0.2) is 57.7 Å². The Hall–Kier alpha value is -3.15. The fourth-order valence-corrected chi connectivity index (χ4v) is 3.65. The lowest BCUT2D eigenvalue weighted by atomic mass is 9.64. The first kappa shape index (κ1) is 18.2. The third-order valence-corrected chi connectivity index (χ3v) is 5.39. The van der Waals surface area contributed by atoms with Gasteiger partial charge < -0.3 is 13.9 Å². The Morgan fingerprint density at radius 2 is 1.89 bits per heavy atom. The van der Waals surface area contributed by atoms with E-state index in [1.807, 2.05) is 0 Å². The fraction of sp³-hybridized carbons (Fsp3) is 0.273. The molecular weight excluding hydrogens is 363 g/mol. The second-order valence-corrected chi connectivity index (χ2v) is 6.97. The van der Waals surface area contributed by atoms with Gasteiger partial charge in [0, 0.05) is 23.1 Å². The van der Waals surface area contributed by atoms with Gasteiger partial charge >= 0.3 is 11.6 Å². The van der Waals surface area contributed by atoms with Crippen molar-refractivity contribution in [3.05, 3.63) is 75.9 Å². The molecule has 0 spiro atoms. The van der Waals surface area contributed by atoms with Crippen molar-refractivity contribution in [2.24, 2.45) is 0 Å². The molecule has 1 aliphatic carbocycles. The molecule has 1 heterocycles. The minimum Gasteiger partial charge on any atom is -0.497 e. The van der Waals surface area contributed by atoms with Gasteiger partial charge in [-0.3, -0.25) is 4.79 Å². The zero-order valence-electron chi connectivity index (χ0n) is 15.4. The number of hydrogen-bond acceptors (Lipinski definition) is 5. The normalized spacial score (nSPS) is 15.1. The van der Waals surface area contributed by atoms with Gasteiger partial charge in [0.1, 0.15) is 23.8 Å². The van der Waals surface area contributed by atoms with E-state index in [-0.39, 0.29) is 18.4 Å². The van der Waals surface area contributed by atoms with Crippen molar-refractivity contribution in [1.82, 2.24) is 0 Å². The van der Waals surface area contributed by atoms with Gasteiger partial charge in [0.2, 0.25) is 0 Å². The molecule has 4 rings (SSSR count). The SMILES string of the molecule is COc1ccc2c(COC(=O)C3(c4ccc(F)cc4)CCC3)cc(=O)oc2c1. The van der Waals surface area contributed by atoms with Gasteiger partial charge in [0.05, 0.1) is 12.5 Å². The first-order valence-electron chi connectivity index (χ1n) is 9.06. The maximum absolute atomic E-state index is 13.2. The first-order valence-corrected chi connectivity index (χ1v) is 9.06. The zero-order valence-corrected chi connectivity index (χ0v) is 15.4. The lowest BCUT2D eigenvalue weighted by Gasteiger charge is -2.39. The van der Waals surface area contributed by atoms with Gasteiger partial charge in [-0.1, -0.05) is 18.6 Å². The Bertz CT molecular complexity index is 1080. The Labute approximate surface area is 160 Å². The number of hydrogen-bond donors (Lipinski definition) is 0. The van der Waals surface area contributed by atoms with Crippen LogP contribution < -0.4 is 10.4 Å². The third kappa shape index (κ3) is 3.15. The van der Waals surface area contributed by atoms with Gasteiger partial charge in [0.15, 0.2) is 0 Å². The second kappa shape index (κ2) is 7.11. The minimum absolute atomic E-state index is 0.0454. The van der Waals surface area contributed by atoms with Crippen LogP contribution in [0.25, 0.3) is 11.0 Å². The van der Waals surface area contributed by atoms with E-state index in [1.54, 1.807) is 30.3 Å². The van der Waals surface area contributed by atoms with Crippen molar-refractivity contribution >= 4 is 16.9 Å². The monoisotopic (exact) mass is 382 g/mol. The Morgan fingerprint density at radius 3 is 2.54 bits per heavy atom. The number of benzene rings is 2. The Balaban J connectivity index is 1.59. The standard InChI is InChI=1S/C22H19FO5/c1-26-17-7-8-18-14(11-20(24)28-19(18)12-17)13-27-21(25)22(9-2-10-22)15-3-5-16(23)6-4-15/h3-8,11-12H,2,9-10,13H2,1H3. The predicted molar refractivity (Wildman–Crippen MR) is 101 cm³/mol. The topological polar surface area (TPSA) is 65.7 Å². The summed E-state index contributed by atoms with van der Waals surface area (Å²) in [5.74, 6) is -0.140. The Morgan fingerprint density at radius 1 is 1.14 bits per heavy atom.